The van der Waals surface area contributed by atoms with Crippen LogP contribution in [0.3, 0.4) is 0 Å². The number of nitrogens with one attached hydrogen (secondary N) is 3. The lowest BCUT2D eigenvalue weighted by Crippen LogP contribution is -2.47. The molecule has 31 heteroatoms. The van der Waals surface area contributed by atoms with E-state index < -0.39 is 37.0 Å². The third kappa shape index (κ3) is 25.7. The molecule has 0 saturated heterocycles. The number of aryl methyl sites for hydroxylation is 2. The average Bonchev–Trinajstić information content (AvgIpc) is 1.45. The number of benzene rings is 3. The Labute approximate surface area is 553 Å². The van der Waals surface area contributed by atoms with Crippen LogP contribution in [0.15, 0.2) is 59.6 Å². The fourth-order valence-electron chi connectivity index (χ4n) is 8.59. The van der Waals surface area contributed by atoms with Crippen molar-refractivity contribution in [2.24, 2.45) is 10.4 Å². The normalized spacial score (nSPS) is 15.4. The predicted molar refractivity (Wildman–Crippen MR) is 358 cm³/mol. The van der Waals surface area contributed by atoms with Gasteiger partial charge >= 0.3 is 5.97 Å². The molecule has 0 aliphatic carbocycles. The number of hydrogen-bond donors (Lipinski definition) is 5. The number of carbonyl (C=O) groups excluding carboxylic acids is 3. The minimum absolute atomic E-state index is 0.0223. The molecular formula is C59H82Cl4FN12O11PS2. The van der Waals surface area contributed by atoms with Crippen LogP contribution in [0.2, 0.25) is 5.28 Å². The van der Waals surface area contributed by atoms with Gasteiger partial charge in [0.25, 0.3) is 11.8 Å². The van der Waals surface area contributed by atoms with Gasteiger partial charge in [-0.2, -0.15) is 19.3 Å². The Bertz CT molecular complexity index is 3360. The third-order valence-electron chi connectivity index (χ3n) is 12.1. The summed E-state index contributed by atoms with van der Waals surface area (Å²) in [4.78, 5) is 84.8. The van der Waals surface area contributed by atoms with E-state index >= 15 is 0 Å². The largest absolute Gasteiger partial charge is 0.778 e. The van der Waals surface area contributed by atoms with Gasteiger partial charge in [-0.15, -0.1) is 18.0 Å². The zero-order valence-corrected chi connectivity index (χ0v) is 58.6. The number of hydrogen-bond acceptors (Lipinski definition) is 18. The molecule has 0 radical (unpaired) electrons. The Hall–Kier alpha value is -5.82. The van der Waals surface area contributed by atoms with Crippen molar-refractivity contribution in [1.82, 2.24) is 29.2 Å². The molecule has 90 heavy (non-hydrogen) atoms. The smallest absolute Gasteiger partial charge is 0.317 e. The molecule has 23 nitrogen and oxygen atoms in total. The molecule has 8 rings (SSSR count). The summed E-state index contributed by atoms with van der Waals surface area (Å²) in [6, 6.07) is 16.1. The first-order chi connectivity index (χ1) is 42.1. The number of amides is 3. The van der Waals surface area contributed by atoms with Crippen LogP contribution in [0.5, 0.6) is 11.5 Å². The van der Waals surface area contributed by atoms with Gasteiger partial charge in [0.15, 0.2) is 17.3 Å². The molecule has 3 atom stereocenters. The molecule has 3 aliphatic heterocycles. The summed E-state index contributed by atoms with van der Waals surface area (Å²) in [5.41, 5.74) is 4.51. The number of carbonyl (C=O) groups is 4. The van der Waals surface area contributed by atoms with Crippen LogP contribution >= 0.6 is 65.5 Å². The second-order valence-corrected chi connectivity index (χ2v) is 28.9. The summed E-state index contributed by atoms with van der Waals surface area (Å²) >= 11 is 24.0. The number of nitrogens with zero attached hydrogens (tertiary/aromatic N) is 9. The second kappa shape index (κ2) is 37.0. The Morgan fingerprint density at radius 1 is 1.07 bits per heavy atom. The molecule has 3 amide bonds. The van der Waals surface area contributed by atoms with E-state index in [1.807, 2.05) is 94.7 Å². The zero-order chi connectivity index (χ0) is 67.8. The SMILES string of the molecule is C#CCN1C(=O)COc2cc(F)c(N=c3snc4n3CC(C)(C)C4)cc21.CC1COc2ccccc2N1C(=O)C(Cl)Cl.CCNc1nc(Cl)nc(NC(C)(C)C)n1.CCc1cccc(C)c1N(C(=O)CCl)C(C)COC.C[S+](C)C.O=C(O)CNCP(=O)([O-])O. The zero-order valence-electron chi connectivity index (χ0n) is 53.0. The lowest BCUT2D eigenvalue weighted by atomic mass is 9.92. The summed E-state index contributed by atoms with van der Waals surface area (Å²) in [5, 5.41) is 16.3. The van der Waals surface area contributed by atoms with Crippen molar-refractivity contribution in [3.05, 3.63) is 87.5 Å². The highest BCUT2D eigenvalue weighted by Crippen LogP contribution is 2.38. The van der Waals surface area contributed by atoms with Gasteiger partial charge in [0.05, 0.1) is 73.9 Å². The summed E-state index contributed by atoms with van der Waals surface area (Å²) in [5.74, 6) is 2.98. The Morgan fingerprint density at radius 2 is 1.72 bits per heavy atom. The number of aliphatic carboxylic acids is 1. The highest BCUT2D eigenvalue weighted by Gasteiger charge is 2.34. The van der Waals surface area contributed by atoms with E-state index in [0.717, 1.165) is 54.3 Å². The van der Waals surface area contributed by atoms with E-state index in [1.165, 1.54) is 28.6 Å². The monoisotopic (exact) mass is 1390 g/mol. The standard InChI is InChI=1S/C18H17FN4O2S.C15H22ClNO2.C11H11Cl2NO2.C9H16ClN5.C3H8NO5P.C3H9S/c1-4-5-22-13-7-12(11(19)6-14(13)25-9-16(22)24)20-17-23-10-18(2,3)8-15(23)21-26-17;1-5-13-8-6-7-11(2)15(13)17(14(18)9-16)12(3)10-19-4;1-7-6-16-9-5-3-2-4-8(9)14(7)11(15)10(12)13;1-5-11-7-12-6(10)13-8(14-7)15-9(2,3)4;5-3(6)1-4-2-10(7,8)9;1-4(2)3/h1,6-7H,5,8-10H2,2-3H3;6-8,12H,5,9-10H2,1-4H3;2-5,7,10H,6H2,1H3;5H2,1-4H3,(H2,11,12,13,14,15);4H,1-2H2,(H,5,6)(H2,7,8,9);1-3H3/q;;;;;+1/p-1. The topological polar surface area (TPSA) is 291 Å². The molecule has 0 spiro atoms. The van der Waals surface area contributed by atoms with E-state index in [1.54, 1.807) is 16.9 Å². The van der Waals surface area contributed by atoms with Crippen molar-refractivity contribution in [1.29, 1.82) is 0 Å². The first kappa shape index (κ1) is 78.4. The van der Waals surface area contributed by atoms with Crippen molar-refractivity contribution in [2.45, 2.75) is 111 Å². The van der Waals surface area contributed by atoms with Gasteiger partial charge in [-0.25, -0.2) is 9.38 Å². The number of alkyl halides is 3. The highest BCUT2D eigenvalue weighted by molar-refractivity contribution is 7.94. The number of anilines is 5. The molecule has 3 unspecified atom stereocenters. The minimum atomic E-state index is -4.35. The summed E-state index contributed by atoms with van der Waals surface area (Å²) in [7, 11) is -2.07. The number of ether oxygens (including phenoxy) is 3. The van der Waals surface area contributed by atoms with E-state index in [-0.39, 0.29) is 70.8 Å². The molecule has 2 aromatic heterocycles. The van der Waals surface area contributed by atoms with Crippen molar-refractivity contribution >= 4 is 135 Å². The molecule has 0 bridgehead atoms. The van der Waals surface area contributed by atoms with Gasteiger partial charge in [0, 0.05) is 49.8 Å². The van der Waals surface area contributed by atoms with Crippen LogP contribution in [-0.4, -0.2) is 158 Å². The Balaban J connectivity index is 0.000000299. The molecule has 0 fully saturated rings. The maximum absolute atomic E-state index is 14.5. The fraction of sp³-hybridized carbons (Fsp3) is 0.508. The van der Waals surface area contributed by atoms with Crippen LogP contribution in [0, 0.1) is 30.5 Å². The number of carboxylic acid groups (broad SMARTS) is 1. The predicted octanol–water partition coefficient (Wildman–Crippen LogP) is 8.85. The number of carboxylic acids is 1. The number of terminal acetylenes is 1. The van der Waals surface area contributed by atoms with Gasteiger partial charge < -0.3 is 58.7 Å². The molecule has 3 aliphatic rings. The van der Waals surface area contributed by atoms with Crippen molar-refractivity contribution in [3.8, 4) is 23.8 Å². The highest BCUT2D eigenvalue weighted by atomic mass is 35.5. The number of fused-ring (bicyclic) bond motifs is 3. The first-order valence-electron chi connectivity index (χ1n) is 28.1. The number of aromatic nitrogens is 5. The van der Waals surface area contributed by atoms with Crippen LogP contribution in [0.25, 0.3) is 0 Å². The molecule has 5 N–H and O–H groups in total. The van der Waals surface area contributed by atoms with Gasteiger partial charge in [-0.1, -0.05) is 80.2 Å². The fourth-order valence-corrected chi connectivity index (χ4v) is 10.2. The van der Waals surface area contributed by atoms with E-state index in [4.69, 9.17) is 77.0 Å². The van der Waals surface area contributed by atoms with Crippen LogP contribution in [0.4, 0.5) is 39.0 Å². The maximum Gasteiger partial charge on any atom is 0.317 e. The van der Waals surface area contributed by atoms with E-state index in [0.29, 0.717) is 58.0 Å². The number of halogens is 5. The van der Waals surface area contributed by atoms with Gasteiger partial charge in [-0.3, -0.25) is 29.4 Å². The van der Waals surface area contributed by atoms with Crippen molar-refractivity contribution in [2.75, 3.05) is 103 Å². The number of para-hydroxylation sites is 3. The third-order valence-corrected chi connectivity index (χ3v) is 14.3. The van der Waals surface area contributed by atoms with Crippen LogP contribution < -0.4 is 49.8 Å². The molecular weight excluding hydrogens is 1310 g/mol. The molecule has 496 valence electrons. The van der Waals surface area contributed by atoms with E-state index in [9.17, 15) is 33.0 Å². The van der Waals surface area contributed by atoms with Crippen LogP contribution in [-0.2, 0) is 58.8 Å². The summed E-state index contributed by atoms with van der Waals surface area (Å²) in [6.07, 6.45) is 13.0. The van der Waals surface area contributed by atoms with Crippen molar-refractivity contribution in [3.63, 3.8) is 0 Å². The second-order valence-electron chi connectivity index (χ2n) is 22.4. The minimum Gasteiger partial charge on any atom is -0.778 e. The van der Waals surface area contributed by atoms with Crippen LogP contribution in [0.1, 0.15) is 79.3 Å². The Kier molecular flexibility index (Phi) is 32.3. The Morgan fingerprint density at radius 3 is 2.30 bits per heavy atom. The average molecular weight is 1390 g/mol. The molecule has 3 aromatic carbocycles. The van der Waals surface area contributed by atoms with Crippen molar-refractivity contribution < 1.29 is 57.2 Å². The lowest BCUT2D eigenvalue weighted by molar-refractivity contribution is -0.193. The quantitative estimate of drug-likeness (QED) is 0.0267. The molecule has 0 saturated carbocycles. The molecule has 5 heterocycles. The number of rotatable bonds is 16. The van der Waals surface area contributed by atoms with E-state index in [2.05, 4.69) is 86.5 Å². The summed E-state index contributed by atoms with van der Waals surface area (Å²) in [6.45, 7) is 22.3. The van der Waals surface area contributed by atoms with Gasteiger partial charge in [0.2, 0.25) is 27.9 Å². The lowest BCUT2D eigenvalue weighted by Gasteiger charge is -2.35. The van der Waals surface area contributed by atoms with Gasteiger partial charge in [-0.05, 0) is 112 Å². The first-order valence-corrected chi connectivity index (χ1v) is 34.8. The van der Waals surface area contributed by atoms with Gasteiger partial charge in [0.1, 0.15) is 43.1 Å². The number of methoxy groups -OCH3 is 1. The summed E-state index contributed by atoms with van der Waals surface area (Å²) < 4.78 is 47.0. The molecule has 5 aromatic rings. The maximum atomic E-state index is 14.5.